The van der Waals surface area contributed by atoms with Gasteiger partial charge < -0.3 is 19.5 Å². The molecule has 0 saturated carbocycles. The number of ether oxygens (including phenoxy) is 3. The molecule has 19 heavy (non-hydrogen) atoms. The number of rotatable bonds is 10. The summed E-state index contributed by atoms with van der Waals surface area (Å²) < 4.78 is 16.5. The van der Waals surface area contributed by atoms with E-state index in [1.165, 1.54) is 0 Å². The highest BCUT2D eigenvalue weighted by Crippen LogP contribution is 2.31. The molecule has 4 heteroatoms. The Kier molecular flexibility index (Phi) is 8.02. The maximum Gasteiger partial charge on any atom is 0.165 e. The van der Waals surface area contributed by atoms with Gasteiger partial charge in [0.25, 0.3) is 0 Å². The molecule has 0 atom stereocenters. The molecule has 1 N–H and O–H groups in total. The molecule has 0 aliphatic rings. The lowest BCUT2D eigenvalue weighted by Crippen LogP contribution is -2.14. The molecule has 1 rings (SSSR count). The summed E-state index contributed by atoms with van der Waals surface area (Å²) in [6.45, 7) is 7.77. The summed E-state index contributed by atoms with van der Waals surface area (Å²) in [6, 6.07) is 6.01. The summed E-state index contributed by atoms with van der Waals surface area (Å²) in [5.41, 5.74) is 1.13. The van der Waals surface area contributed by atoms with Gasteiger partial charge >= 0.3 is 0 Å². The summed E-state index contributed by atoms with van der Waals surface area (Å²) in [4.78, 5) is 0. The molecular weight excluding hydrogens is 242 g/mol. The van der Waals surface area contributed by atoms with Crippen LogP contribution >= 0.6 is 0 Å². The molecule has 0 bridgehead atoms. The summed E-state index contributed by atoms with van der Waals surface area (Å²) in [6.07, 6.45) is 0.873. The number of hydrogen-bond acceptors (Lipinski definition) is 4. The topological polar surface area (TPSA) is 39.7 Å². The molecule has 108 valence electrons. The van der Waals surface area contributed by atoms with Crippen molar-refractivity contribution < 1.29 is 14.2 Å². The Balaban J connectivity index is 2.74. The highest BCUT2D eigenvalue weighted by Gasteiger charge is 2.10. The van der Waals surface area contributed by atoms with Crippen LogP contribution in [0.15, 0.2) is 18.2 Å². The van der Waals surface area contributed by atoms with Crippen molar-refractivity contribution in [1.82, 2.24) is 5.32 Å². The Morgan fingerprint density at radius 3 is 2.63 bits per heavy atom. The van der Waals surface area contributed by atoms with E-state index in [-0.39, 0.29) is 0 Å². The molecule has 0 fully saturated rings. The molecule has 1 aromatic rings. The van der Waals surface area contributed by atoms with Gasteiger partial charge in [0, 0.05) is 32.2 Å². The lowest BCUT2D eigenvalue weighted by molar-refractivity contribution is 0.169. The fraction of sp³-hybridized carbons (Fsp3) is 0.600. The van der Waals surface area contributed by atoms with E-state index in [4.69, 9.17) is 14.2 Å². The van der Waals surface area contributed by atoms with Crippen molar-refractivity contribution in [3.8, 4) is 11.5 Å². The zero-order valence-corrected chi connectivity index (χ0v) is 12.2. The van der Waals surface area contributed by atoms with E-state index in [1.807, 2.05) is 19.1 Å². The number of hydrogen-bond donors (Lipinski definition) is 1. The zero-order chi connectivity index (χ0) is 13.9. The molecule has 0 spiro atoms. The van der Waals surface area contributed by atoms with Crippen molar-refractivity contribution >= 4 is 0 Å². The van der Waals surface area contributed by atoms with Crippen molar-refractivity contribution in [3.05, 3.63) is 23.8 Å². The van der Waals surface area contributed by atoms with E-state index < -0.39 is 0 Å². The smallest absolute Gasteiger partial charge is 0.165 e. The van der Waals surface area contributed by atoms with Crippen molar-refractivity contribution in [3.63, 3.8) is 0 Å². The van der Waals surface area contributed by atoms with Crippen LogP contribution in [0.25, 0.3) is 0 Å². The predicted octanol–water partition coefficient (Wildman–Crippen LogP) is 2.61. The minimum atomic E-state index is 0.636. The van der Waals surface area contributed by atoms with Gasteiger partial charge in [-0.2, -0.15) is 0 Å². The quantitative estimate of drug-likeness (QED) is 0.661. The second-order valence-electron chi connectivity index (χ2n) is 4.15. The van der Waals surface area contributed by atoms with E-state index in [0.29, 0.717) is 19.8 Å². The fourth-order valence-corrected chi connectivity index (χ4v) is 1.77. The summed E-state index contributed by atoms with van der Waals surface area (Å²) in [5, 5.41) is 3.32. The van der Waals surface area contributed by atoms with Crippen LogP contribution in [0.2, 0.25) is 0 Å². The first kappa shape index (κ1) is 15.8. The van der Waals surface area contributed by atoms with Crippen molar-refractivity contribution in [1.29, 1.82) is 0 Å². The standard InChI is InChI=1S/C15H25NO3/c1-4-16-12-13-8-6-9-14(18-5-2)15(13)19-11-7-10-17-3/h6,8-9,16H,4-5,7,10-12H2,1-3H3. The first-order valence-electron chi connectivity index (χ1n) is 6.90. The van der Waals surface area contributed by atoms with Gasteiger partial charge in [0.05, 0.1) is 13.2 Å². The van der Waals surface area contributed by atoms with Crippen LogP contribution in [0.3, 0.4) is 0 Å². The lowest BCUT2D eigenvalue weighted by Gasteiger charge is -2.16. The van der Waals surface area contributed by atoms with Crippen LogP contribution in [0.1, 0.15) is 25.8 Å². The minimum Gasteiger partial charge on any atom is -0.490 e. The van der Waals surface area contributed by atoms with Crippen molar-refractivity contribution in [2.75, 3.05) is 33.5 Å². The Morgan fingerprint density at radius 1 is 1.11 bits per heavy atom. The molecule has 0 heterocycles. The summed E-state index contributed by atoms with van der Waals surface area (Å²) in [7, 11) is 1.70. The van der Waals surface area contributed by atoms with E-state index in [2.05, 4.69) is 18.3 Å². The highest BCUT2D eigenvalue weighted by molar-refractivity contribution is 5.46. The molecule has 0 aliphatic heterocycles. The summed E-state index contributed by atoms with van der Waals surface area (Å²) >= 11 is 0. The monoisotopic (exact) mass is 267 g/mol. The number of methoxy groups -OCH3 is 1. The fourth-order valence-electron chi connectivity index (χ4n) is 1.77. The lowest BCUT2D eigenvalue weighted by atomic mass is 10.2. The first-order valence-corrected chi connectivity index (χ1v) is 6.90. The average Bonchev–Trinajstić information content (AvgIpc) is 2.43. The Bertz CT molecular complexity index is 355. The van der Waals surface area contributed by atoms with Gasteiger partial charge in [-0.3, -0.25) is 0 Å². The third kappa shape index (κ3) is 5.49. The van der Waals surface area contributed by atoms with Gasteiger partial charge in [0.15, 0.2) is 11.5 Å². The van der Waals surface area contributed by atoms with Gasteiger partial charge in [-0.15, -0.1) is 0 Å². The van der Waals surface area contributed by atoms with Gasteiger partial charge in [0.1, 0.15) is 0 Å². The Labute approximate surface area is 116 Å². The number of nitrogens with one attached hydrogen (secondary N) is 1. The Morgan fingerprint density at radius 2 is 1.95 bits per heavy atom. The summed E-state index contributed by atoms with van der Waals surface area (Å²) in [5.74, 6) is 1.66. The van der Waals surface area contributed by atoms with Gasteiger partial charge in [0.2, 0.25) is 0 Å². The SMILES string of the molecule is CCNCc1cccc(OCC)c1OCCCOC. The highest BCUT2D eigenvalue weighted by atomic mass is 16.5. The maximum atomic E-state index is 5.87. The van der Waals surface area contributed by atoms with Crippen molar-refractivity contribution in [2.24, 2.45) is 0 Å². The van der Waals surface area contributed by atoms with Crippen LogP contribution in [0.4, 0.5) is 0 Å². The number of benzene rings is 1. The zero-order valence-electron chi connectivity index (χ0n) is 12.2. The van der Waals surface area contributed by atoms with Crippen LogP contribution < -0.4 is 14.8 Å². The third-order valence-electron chi connectivity index (χ3n) is 2.66. The molecule has 0 radical (unpaired) electrons. The van der Waals surface area contributed by atoms with Crippen LogP contribution in [0.5, 0.6) is 11.5 Å². The molecule has 4 nitrogen and oxygen atoms in total. The van der Waals surface area contributed by atoms with Gasteiger partial charge in [-0.05, 0) is 19.5 Å². The van der Waals surface area contributed by atoms with Gasteiger partial charge in [-0.25, -0.2) is 0 Å². The molecule has 1 aromatic carbocycles. The molecule has 0 saturated heterocycles. The second kappa shape index (κ2) is 9.64. The second-order valence-corrected chi connectivity index (χ2v) is 4.15. The maximum absolute atomic E-state index is 5.87. The predicted molar refractivity (Wildman–Crippen MR) is 77.0 cm³/mol. The molecule has 0 amide bonds. The molecule has 0 aliphatic carbocycles. The van der Waals surface area contributed by atoms with Crippen LogP contribution in [-0.2, 0) is 11.3 Å². The normalized spacial score (nSPS) is 10.5. The molecule has 0 aromatic heterocycles. The molecular formula is C15H25NO3. The Hall–Kier alpha value is -1.26. The van der Waals surface area contributed by atoms with E-state index in [1.54, 1.807) is 7.11 Å². The van der Waals surface area contributed by atoms with Crippen LogP contribution in [-0.4, -0.2) is 33.5 Å². The average molecular weight is 267 g/mol. The van der Waals surface area contributed by atoms with Crippen LogP contribution in [0, 0.1) is 0 Å². The number of para-hydroxylation sites is 1. The van der Waals surface area contributed by atoms with E-state index >= 15 is 0 Å². The largest absolute Gasteiger partial charge is 0.490 e. The van der Waals surface area contributed by atoms with E-state index in [0.717, 1.165) is 36.6 Å². The van der Waals surface area contributed by atoms with Gasteiger partial charge in [-0.1, -0.05) is 19.1 Å². The first-order chi connectivity index (χ1) is 9.33. The molecule has 0 unspecified atom stereocenters. The van der Waals surface area contributed by atoms with E-state index in [9.17, 15) is 0 Å². The minimum absolute atomic E-state index is 0.636. The third-order valence-corrected chi connectivity index (χ3v) is 2.66. The van der Waals surface area contributed by atoms with Crippen molar-refractivity contribution in [2.45, 2.75) is 26.8 Å².